The van der Waals surface area contributed by atoms with Crippen LogP contribution in [0.4, 0.5) is 0 Å². The van der Waals surface area contributed by atoms with Crippen molar-refractivity contribution in [1.29, 1.82) is 0 Å². The van der Waals surface area contributed by atoms with E-state index in [1.54, 1.807) is 6.20 Å². The van der Waals surface area contributed by atoms with Crippen LogP contribution in [0.2, 0.25) is 5.02 Å². The van der Waals surface area contributed by atoms with E-state index < -0.39 is 0 Å². The average molecular weight is 346 g/mol. The summed E-state index contributed by atoms with van der Waals surface area (Å²) in [6.07, 6.45) is 3.84. The molecule has 0 saturated carbocycles. The summed E-state index contributed by atoms with van der Waals surface area (Å²) < 4.78 is 2.16. The van der Waals surface area contributed by atoms with Gasteiger partial charge < -0.3 is 4.57 Å². The smallest absolute Gasteiger partial charge is 0.141 e. The minimum absolute atomic E-state index is 0.717. The molecule has 0 fully saturated rings. The maximum atomic E-state index is 6.03. The lowest BCUT2D eigenvalue weighted by Gasteiger charge is -2.08. The topological polar surface area (TPSA) is 30.7 Å². The summed E-state index contributed by atoms with van der Waals surface area (Å²) in [6.45, 7) is 0.749. The van der Waals surface area contributed by atoms with Crippen molar-refractivity contribution in [2.45, 2.75) is 6.54 Å². The van der Waals surface area contributed by atoms with E-state index in [0.717, 1.165) is 34.3 Å². The van der Waals surface area contributed by atoms with Crippen LogP contribution in [-0.4, -0.2) is 14.5 Å². The van der Waals surface area contributed by atoms with E-state index in [1.165, 1.54) is 5.56 Å². The first-order valence-electron chi connectivity index (χ1n) is 8.08. The van der Waals surface area contributed by atoms with Crippen LogP contribution in [-0.2, 0) is 6.54 Å². The number of aromatic nitrogens is 3. The standard InChI is InChI=1S/C21H16ClN3/c22-18-11-9-17(10-12-18)21-24-20(19-8-4-5-13-23-19)15-25(21)14-16-6-2-1-3-7-16/h1-13,15H,14H2. The molecule has 0 radical (unpaired) electrons. The summed E-state index contributed by atoms with van der Waals surface area (Å²) in [5.74, 6) is 0.904. The van der Waals surface area contributed by atoms with Crippen LogP contribution in [0.25, 0.3) is 22.8 Å². The van der Waals surface area contributed by atoms with Gasteiger partial charge in [-0.1, -0.05) is 48.0 Å². The SMILES string of the molecule is Clc1ccc(-c2nc(-c3ccccn3)cn2Cc2ccccc2)cc1. The van der Waals surface area contributed by atoms with Crippen molar-refractivity contribution in [1.82, 2.24) is 14.5 Å². The fourth-order valence-electron chi connectivity index (χ4n) is 2.78. The molecule has 4 heteroatoms. The summed E-state index contributed by atoms with van der Waals surface area (Å²) in [7, 11) is 0. The van der Waals surface area contributed by atoms with Crippen molar-refractivity contribution in [2.24, 2.45) is 0 Å². The molecule has 2 aromatic heterocycles. The van der Waals surface area contributed by atoms with Gasteiger partial charge in [0.05, 0.1) is 5.69 Å². The highest BCUT2D eigenvalue weighted by molar-refractivity contribution is 6.30. The summed E-state index contributed by atoms with van der Waals surface area (Å²) in [5, 5.41) is 0.717. The van der Waals surface area contributed by atoms with Crippen LogP contribution in [0.1, 0.15) is 5.56 Å². The zero-order valence-electron chi connectivity index (χ0n) is 13.5. The van der Waals surface area contributed by atoms with E-state index in [9.17, 15) is 0 Å². The molecule has 2 aromatic carbocycles. The third-order valence-corrected chi connectivity index (χ3v) is 4.25. The van der Waals surface area contributed by atoms with Gasteiger partial charge in [-0.05, 0) is 42.0 Å². The molecule has 0 N–H and O–H groups in total. The van der Waals surface area contributed by atoms with Crippen LogP contribution >= 0.6 is 11.6 Å². The van der Waals surface area contributed by atoms with Gasteiger partial charge in [-0.2, -0.15) is 0 Å². The van der Waals surface area contributed by atoms with Crippen LogP contribution in [0.3, 0.4) is 0 Å². The molecule has 0 aliphatic heterocycles. The van der Waals surface area contributed by atoms with E-state index in [2.05, 4.69) is 27.9 Å². The molecule has 0 atom stereocenters. The van der Waals surface area contributed by atoms with Crippen LogP contribution in [0, 0.1) is 0 Å². The molecular formula is C21H16ClN3. The summed E-state index contributed by atoms with van der Waals surface area (Å²) in [4.78, 5) is 9.26. The normalized spacial score (nSPS) is 10.8. The highest BCUT2D eigenvalue weighted by Gasteiger charge is 2.12. The first-order valence-corrected chi connectivity index (χ1v) is 8.46. The lowest BCUT2D eigenvalue weighted by molar-refractivity contribution is 0.807. The Bertz CT molecular complexity index is 961. The van der Waals surface area contributed by atoms with E-state index in [0.29, 0.717) is 0 Å². The number of halogens is 1. The average Bonchev–Trinajstić information content (AvgIpc) is 3.08. The Morgan fingerprint density at radius 2 is 1.56 bits per heavy atom. The minimum Gasteiger partial charge on any atom is -0.326 e. The zero-order valence-corrected chi connectivity index (χ0v) is 14.3. The lowest BCUT2D eigenvalue weighted by Crippen LogP contribution is -2.00. The first-order chi connectivity index (χ1) is 12.3. The van der Waals surface area contributed by atoms with Gasteiger partial charge in [0.1, 0.15) is 11.5 Å². The van der Waals surface area contributed by atoms with Crippen LogP contribution in [0.5, 0.6) is 0 Å². The third kappa shape index (κ3) is 3.47. The highest BCUT2D eigenvalue weighted by Crippen LogP contribution is 2.26. The van der Waals surface area contributed by atoms with Gasteiger partial charge >= 0.3 is 0 Å². The number of hydrogen-bond acceptors (Lipinski definition) is 2. The zero-order chi connectivity index (χ0) is 17.1. The number of benzene rings is 2. The lowest BCUT2D eigenvalue weighted by atomic mass is 10.2. The van der Waals surface area contributed by atoms with Crippen molar-refractivity contribution in [3.05, 3.63) is 95.8 Å². The van der Waals surface area contributed by atoms with E-state index in [4.69, 9.17) is 16.6 Å². The van der Waals surface area contributed by atoms with E-state index >= 15 is 0 Å². The number of pyridine rings is 1. The Balaban J connectivity index is 1.80. The highest BCUT2D eigenvalue weighted by atomic mass is 35.5. The molecule has 122 valence electrons. The van der Waals surface area contributed by atoms with E-state index in [1.807, 2.05) is 60.7 Å². The molecule has 0 unspecified atom stereocenters. The number of nitrogens with zero attached hydrogens (tertiary/aromatic N) is 3. The monoisotopic (exact) mass is 345 g/mol. The molecule has 0 aliphatic carbocycles. The molecule has 25 heavy (non-hydrogen) atoms. The number of hydrogen-bond donors (Lipinski definition) is 0. The second-order valence-electron chi connectivity index (χ2n) is 5.79. The summed E-state index contributed by atoms with van der Waals surface area (Å²) in [6, 6.07) is 24.0. The molecular weight excluding hydrogens is 330 g/mol. The van der Waals surface area contributed by atoms with Crippen LogP contribution < -0.4 is 0 Å². The van der Waals surface area contributed by atoms with Gasteiger partial charge in [-0.25, -0.2) is 4.98 Å². The van der Waals surface area contributed by atoms with E-state index in [-0.39, 0.29) is 0 Å². The van der Waals surface area contributed by atoms with Crippen LogP contribution in [0.15, 0.2) is 85.2 Å². The second-order valence-corrected chi connectivity index (χ2v) is 6.22. The fraction of sp³-hybridized carbons (Fsp3) is 0.0476. The number of rotatable bonds is 4. The second kappa shape index (κ2) is 6.91. The van der Waals surface area contributed by atoms with Gasteiger partial charge in [0.2, 0.25) is 0 Å². The molecule has 3 nitrogen and oxygen atoms in total. The maximum absolute atomic E-state index is 6.03. The summed E-state index contributed by atoms with van der Waals surface area (Å²) >= 11 is 6.03. The van der Waals surface area contributed by atoms with Gasteiger partial charge in [-0.15, -0.1) is 0 Å². The quantitative estimate of drug-likeness (QED) is 0.501. The fourth-order valence-corrected chi connectivity index (χ4v) is 2.91. The molecule has 2 heterocycles. The number of imidazole rings is 1. The predicted molar refractivity (Wildman–Crippen MR) is 101 cm³/mol. The molecule has 4 rings (SSSR count). The first kappa shape index (κ1) is 15.6. The third-order valence-electron chi connectivity index (χ3n) is 4.00. The maximum Gasteiger partial charge on any atom is 0.141 e. The van der Waals surface area contributed by atoms with Crippen molar-refractivity contribution < 1.29 is 0 Å². The van der Waals surface area contributed by atoms with Crippen molar-refractivity contribution >= 4 is 11.6 Å². The molecule has 0 aliphatic rings. The molecule has 0 amide bonds. The van der Waals surface area contributed by atoms with Gasteiger partial charge in [0.15, 0.2) is 0 Å². The van der Waals surface area contributed by atoms with Crippen molar-refractivity contribution in [3.63, 3.8) is 0 Å². The predicted octanol–water partition coefficient (Wildman–Crippen LogP) is 5.31. The van der Waals surface area contributed by atoms with Gasteiger partial charge in [-0.3, -0.25) is 4.98 Å². The Hall–Kier alpha value is -2.91. The van der Waals surface area contributed by atoms with Crippen molar-refractivity contribution in [3.8, 4) is 22.8 Å². The van der Waals surface area contributed by atoms with Crippen molar-refractivity contribution in [2.75, 3.05) is 0 Å². The molecule has 0 saturated heterocycles. The summed E-state index contributed by atoms with van der Waals surface area (Å²) in [5.41, 5.74) is 3.98. The molecule has 4 aromatic rings. The Morgan fingerprint density at radius 1 is 0.800 bits per heavy atom. The van der Waals surface area contributed by atoms with Gasteiger partial charge in [0.25, 0.3) is 0 Å². The molecule has 0 bridgehead atoms. The Kier molecular flexibility index (Phi) is 4.32. The largest absolute Gasteiger partial charge is 0.326 e. The van der Waals surface area contributed by atoms with Gasteiger partial charge in [0, 0.05) is 29.5 Å². The minimum atomic E-state index is 0.717. The Morgan fingerprint density at radius 3 is 2.28 bits per heavy atom. The Labute approximate surface area is 151 Å². The molecule has 0 spiro atoms.